The Bertz CT molecular complexity index is 635. The lowest BCUT2D eigenvalue weighted by molar-refractivity contribution is 0.410. The molecule has 106 valence electrons. The van der Waals surface area contributed by atoms with Crippen LogP contribution < -0.4 is 15.6 Å². The molecule has 0 saturated heterocycles. The summed E-state index contributed by atoms with van der Waals surface area (Å²) in [5.41, 5.74) is 0.870. The summed E-state index contributed by atoms with van der Waals surface area (Å²) in [6.45, 7) is 4.53. The average molecular weight is 273 g/mol. The Morgan fingerprint density at radius 1 is 1.35 bits per heavy atom. The smallest absolute Gasteiger partial charge is 0.252 e. The van der Waals surface area contributed by atoms with Gasteiger partial charge in [-0.1, -0.05) is 32.0 Å². The summed E-state index contributed by atoms with van der Waals surface area (Å²) >= 11 is 0. The number of aromatic nitrogens is 2. The molecule has 2 rings (SSSR count). The van der Waals surface area contributed by atoms with Crippen molar-refractivity contribution in [1.82, 2.24) is 9.97 Å². The fraction of sp³-hybridized carbons (Fsp3) is 0.333. The van der Waals surface area contributed by atoms with E-state index < -0.39 is 0 Å². The summed E-state index contributed by atoms with van der Waals surface area (Å²) in [4.78, 5) is 18.7. The number of hydrogen-bond acceptors (Lipinski definition) is 4. The summed E-state index contributed by atoms with van der Waals surface area (Å²) in [6.07, 6.45) is 0. The molecule has 0 amide bonds. The van der Waals surface area contributed by atoms with Crippen molar-refractivity contribution < 1.29 is 4.74 Å². The largest absolute Gasteiger partial charge is 0.496 e. The van der Waals surface area contributed by atoms with Gasteiger partial charge in [-0.2, -0.15) is 0 Å². The van der Waals surface area contributed by atoms with Gasteiger partial charge in [0.1, 0.15) is 17.4 Å². The van der Waals surface area contributed by atoms with E-state index in [4.69, 9.17) is 4.74 Å². The monoisotopic (exact) mass is 273 g/mol. The predicted molar refractivity (Wildman–Crippen MR) is 79.3 cm³/mol. The van der Waals surface area contributed by atoms with Crippen molar-refractivity contribution in [3.05, 3.63) is 52.1 Å². The van der Waals surface area contributed by atoms with E-state index >= 15 is 0 Å². The van der Waals surface area contributed by atoms with Crippen molar-refractivity contribution >= 4 is 5.82 Å². The highest BCUT2D eigenvalue weighted by Gasteiger charge is 2.06. The second kappa shape index (κ2) is 6.23. The number of hydrogen-bond donors (Lipinski definition) is 2. The molecule has 5 nitrogen and oxygen atoms in total. The fourth-order valence-electron chi connectivity index (χ4n) is 1.88. The fourth-order valence-corrected chi connectivity index (χ4v) is 1.88. The minimum Gasteiger partial charge on any atom is -0.496 e. The van der Waals surface area contributed by atoms with E-state index in [1.54, 1.807) is 7.11 Å². The predicted octanol–water partition coefficient (Wildman–Crippen LogP) is 2.51. The zero-order chi connectivity index (χ0) is 14.5. The molecule has 2 aromatic rings. The van der Waals surface area contributed by atoms with Crippen LogP contribution in [-0.2, 0) is 6.54 Å². The second-order valence-electron chi connectivity index (χ2n) is 4.84. The molecule has 0 aliphatic heterocycles. The van der Waals surface area contributed by atoms with E-state index in [0.29, 0.717) is 18.2 Å². The van der Waals surface area contributed by atoms with Crippen LogP contribution in [0, 0.1) is 0 Å². The molecule has 0 aliphatic carbocycles. The molecule has 0 fully saturated rings. The number of aromatic amines is 1. The molecule has 0 radical (unpaired) electrons. The van der Waals surface area contributed by atoms with Crippen molar-refractivity contribution in [3.8, 4) is 5.75 Å². The molecule has 2 N–H and O–H groups in total. The molecule has 0 spiro atoms. The molecule has 1 aromatic carbocycles. The van der Waals surface area contributed by atoms with E-state index in [0.717, 1.165) is 11.3 Å². The van der Waals surface area contributed by atoms with Crippen molar-refractivity contribution in [2.75, 3.05) is 12.4 Å². The van der Waals surface area contributed by atoms with Crippen LogP contribution in [0.3, 0.4) is 0 Å². The van der Waals surface area contributed by atoms with Crippen molar-refractivity contribution in [2.45, 2.75) is 26.3 Å². The van der Waals surface area contributed by atoms with Gasteiger partial charge in [0, 0.05) is 24.1 Å². The lowest BCUT2D eigenvalue weighted by atomic mass is 10.2. The van der Waals surface area contributed by atoms with Gasteiger partial charge in [0.15, 0.2) is 0 Å². The Morgan fingerprint density at radius 3 is 2.80 bits per heavy atom. The van der Waals surface area contributed by atoms with Crippen molar-refractivity contribution in [3.63, 3.8) is 0 Å². The molecule has 0 saturated carbocycles. The molecule has 0 atom stereocenters. The molecular weight excluding hydrogens is 254 g/mol. The summed E-state index contributed by atoms with van der Waals surface area (Å²) in [6, 6.07) is 9.21. The van der Waals surface area contributed by atoms with E-state index in [1.165, 1.54) is 6.07 Å². The van der Waals surface area contributed by atoms with Gasteiger partial charge in [-0.15, -0.1) is 0 Å². The Labute approximate surface area is 118 Å². The maximum Gasteiger partial charge on any atom is 0.252 e. The minimum atomic E-state index is -0.147. The molecule has 1 aromatic heterocycles. The third-order valence-corrected chi connectivity index (χ3v) is 2.96. The number of ether oxygens (including phenoxy) is 1. The maximum absolute atomic E-state index is 11.6. The topological polar surface area (TPSA) is 67.0 Å². The quantitative estimate of drug-likeness (QED) is 0.878. The Kier molecular flexibility index (Phi) is 4.40. The van der Waals surface area contributed by atoms with Gasteiger partial charge in [-0.3, -0.25) is 4.79 Å². The van der Waals surface area contributed by atoms with Gasteiger partial charge in [-0.25, -0.2) is 4.98 Å². The normalized spacial score (nSPS) is 10.6. The Balaban J connectivity index is 2.16. The standard InChI is InChI=1S/C15H19N3O2/c1-10(2)15-17-13(8-14(19)18-15)16-9-11-6-4-5-7-12(11)20-3/h4-8,10H,9H2,1-3H3,(H2,16,17,18,19). The lowest BCUT2D eigenvalue weighted by Crippen LogP contribution is -2.14. The molecular formula is C15H19N3O2. The van der Waals surface area contributed by atoms with Crippen LogP contribution in [0.2, 0.25) is 0 Å². The molecule has 0 unspecified atom stereocenters. The summed E-state index contributed by atoms with van der Waals surface area (Å²) in [5, 5.41) is 3.16. The van der Waals surface area contributed by atoms with E-state index in [2.05, 4.69) is 15.3 Å². The van der Waals surface area contributed by atoms with Gasteiger partial charge >= 0.3 is 0 Å². The number of nitrogens with zero attached hydrogens (tertiary/aromatic N) is 1. The zero-order valence-corrected chi connectivity index (χ0v) is 11.9. The zero-order valence-electron chi connectivity index (χ0n) is 11.9. The van der Waals surface area contributed by atoms with Gasteiger partial charge < -0.3 is 15.0 Å². The first kappa shape index (κ1) is 14.1. The number of rotatable bonds is 5. The second-order valence-corrected chi connectivity index (χ2v) is 4.84. The van der Waals surface area contributed by atoms with Crippen molar-refractivity contribution in [2.24, 2.45) is 0 Å². The number of methoxy groups -OCH3 is 1. The molecule has 1 heterocycles. The molecule has 20 heavy (non-hydrogen) atoms. The summed E-state index contributed by atoms with van der Waals surface area (Å²) in [5.74, 6) is 2.24. The van der Waals surface area contributed by atoms with E-state index in [9.17, 15) is 4.79 Å². The van der Waals surface area contributed by atoms with Gasteiger partial charge in [-0.05, 0) is 6.07 Å². The minimum absolute atomic E-state index is 0.147. The van der Waals surface area contributed by atoms with Crippen LogP contribution in [0.15, 0.2) is 35.1 Å². The molecule has 0 aliphatic rings. The van der Waals surface area contributed by atoms with Crippen LogP contribution in [0.5, 0.6) is 5.75 Å². The third-order valence-electron chi connectivity index (χ3n) is 2.96. The molecule has 0 bridgehead atoms. The number of benzene rings is 1. The Morgan fingerprint density at radius 2 is 2.10 bits per heavy atom. The number of anilines is 1. The highest BCUT2D eigenvalue weighted by atomic mass is 16.5. The van der Waals surface area contributed by atoms with Crippen molar-refractivity contribution in [1.29, 1.82) is 0 Å². The average Bonchev–Trinajstić information content (AvgIpc) is 2.44. The van der Waals surface area contributed by atoms with Crippen LogP contribution in [0.4, 0.5) is 5.82 Å². The van der Waals surface area contributed by atoms with Crippen LogP contribution >= 0.6 is 0 Å². The third kappa shape index (κ3) is 3.38. The number of nitrogens with one attached hydrogen (secondary N) is 2. The first-order chi connectivity index (χ1) is 9.60. The number of H-pyrrole nitrogens is 1. The molecule has 5 heteroatoms. The first-order valence-electron chi connectivity index (χ1n) is 6.57. The maximum atomic E-state index is 11.6. The highest BCUT2D eigenvalue weighted by molar-refractivity contribution is 5.39. The van der Waals surface area contributed by atoms with Gasteiger partial charge in [0.2, 0.25) is 0 Å². The highest BCUT2D eigenvalue weighted by Crippen LogP contribution is 2.18. The van der Waals surface area contributed by atoms with Gasteiger partial charge in [0.25, 0.3) is 5.56 Å². The number of para-hydroxylation sites is 1. The van der Waals surface area contributed by atoms with Crippen LogP contribution in [0.1, 0.15) is 31.2 Å². The van der Waals surface area contributed by atoms with Crippen LogP contribution in [-0.4, -0.2) is 17.1 Å². The lowest BCUT2D eigenvalue weighted by Gasteiger charge is -2.11. The van der Waals surface area contributed by atoms with Crippen LogP contribution in [0.25, 0.3) is 0 Å². The Hall–Kier alpha value is -2.30. The van der Waals surface area contributed by atoms with E-state index in [-0.39, 0.29) is 11.5 Å². The van der Waals surface area contributed by atoms with E-state index in [1.807, 2.05) is 38.1 Å². The summed E-state index contributed by atoms with van der Waals surface area (Å²) in [7, 11) is 1.64. The summed E-state index contributed by atoms with van der Waals surface area (Å²) < 4.78 is 5.29. The first-order valence-corrected chi connectivity index (χ1v) is 6.57. The SMILES string of the molecule is COc1ccccc1CNc1cc(=O)[nH]c(C(C)C)n1. The van der Waals surface area contributed by atoms with Gasteiger partial charge in [0.05, 0.1) is 7.11 Å².